The fourth-order valence-electron chi connectivity index (χ4n) is 2.04. The monoisotopic (exact) mass is 422 g/mol. The Bertz CT molecular complexity index is 824. The molecule has 0 fully saturated rings. The summed E-state index contributed by atoms with van der Waals surface area (Å²) < 4.78 is 18.2. The van der Waals surface area contributed by atoms with Crippen molar-refractivity contribution in [3.8, 4) is 0 Å². The first-order valence-corrected chi connectivity index (χ1v) is 8.37. The second-order valence-electron chi connectivity index (χ2n) is 5.31. The topological polar surface area (TPSA) is 84.5 Å². The van der Waals surface area contributed by atoms with Crippen molar-refractivity contribution in [1.82, 2.24) is 5.32 Å². The SMILES string of the molecule is COC(=O)CNC(=O)Cc1ccc(NC(=O)c2ccc(Br)c(F)c2)cc1. The molecule has 0 unspecified atom stereocenters. The van der Waals surface area contributed by atoms with Crippen molar-refractivity contribution in [2.75, 3.05) is 19.0 Å². The first kappa shape index (κ1) is 19.6. The van der Waals surface area contributed by atoms with Gasteiger partial charge in [-0.3, -0.25) is 14.4 Å². The zero-order valence-electron chi connectivity index (χ0n) is 13.8. The minimum atomic E-state index is -0.527. The van der Waals surface area contributed by atoms with Gasteiger partial charge in [-0.1, -0.05) is 12.1 Å². The average Bonchev–Trinajstić information content (AvgIpc) is 2.63. The van der Waals surface area contributed by atoms with Crippen molar-refractivity contribution >= 4 is 39.4 Å². The Kier molecular flexibility index (Phi) is 6.85. The maximum atomic E-state index is 13.5. The van der Waals surface area contributed by atoms with E-state index in [9.17, 15) is 18.8 Å². The van der Waals surface area contributed by atoms with Crippen molar-refractivity contribution in [1.29, 1.82) is 0 Å². The third-order valence-electron chi connectivity index (χ3n) is 3.42. The number of esters is 1. The number of benzene rings is 2. The van der Waals surface area contributed by atoms with E-state index in [0.29, 0.717) is 11.3 Å². The first-order valence-electron chi connectivity index (χ1n) is 7.58. The van der Waals surface area contributed by atoms with Crippen molar-refractivity contribution in [3.63, 3.8) is 0 Å². The van der Waals surface area contributed by atoms with Gasteiger partial charge in [-0.2, -0.15) is 0 Å². The first-order chi connectivity index (χ1) is 12.4. The van der Waals surface area contributed by atoms with E-state index in [-0.39, 0.29) is 28.9 Å². The van der Waals surface area contributed by atoms with Crippen molar-refractivity contribution < 1.29 is 23.5 Å². The summed E-state index contributed by atoms with van der Waals surface area (Å²) in [6, 6.07) is 10.7. The van der Waals surface area contributed by atoms with Crippen molar-refractivity contribution in [2.24, 2.45) is 0 Å². The highest BCUT2D eigenvalue weighted by molar-refractivity contribution is 9.10. The second kappa shape index (κ2) is 9.10. The Hall–Kier alpha value is -2.74. The van der Waals surface area contributed by atoms with Gasteiger partial charge in [0.2, 0.25) is 5.91 Å². The quantitative estimate of drug-likeness (QED) is 0.700. The molecule has 26 heavy (non-hydrogen) atoms. The van der Waals surface area contributed by atoms with Crippen molar-refractivity contribution in [2.45, 2.75) is 6.42 Å². The van der Waals surface area contributed by atoms with Gasteiger partial charge < -0.3 is 15.4 Å². The van der Waals surface area contributed by atoms with Gasteiger partial charge in [-0.25, -0.2) is 4.39 Å². The molecule has 0 atom stereocenters. The standard InChI is InChI=1S/C18H16BrFN2O4/c1-26-17(24)10-21-16(23)8-11-2-5-13(6-3-11)22-18(25)12-4-7-14(19)15(20)9-12/h2-7,9H,8,10H2,1H3,(H,21,23)(H,22,25). The summed E-state index contributed by atoms with van der Waals surface area (Å²) in [6.45, 7) is -0.187. The number of hydrogen-bond acceptors (Lipinski definition) is 4. The zero-order valence-corrected chi connectivity index (χ0v) is 15.4. The molecule has 0 aliphatic carbocycles. The summed E-state index contributed by atoms with van der Waals surface area (Å²) in [6.07, 6.45) is 0.0865. The van der Waals surface area contributed by atoms with Gasteiger partial charge in [-0.05, 0) is 51.8 Å². The smallest absolute Gasteiger partial charge is 0.325 e. The molecule has 0 spiro atoms. The highest BCUT2D eigenvalue weighted by atomic mass is 79.9. The number of nitrogens with one attached hydrogen (secondary N) is 2. The number of hydrogen-bond donors (Lipinski definition) is 2. The van der Waals surface area contributed by atoms with E-state index in [1.165, 1.54) is 19.2 Å². The van der Waals surface area contributed by atoms with Gasteiger partial charge >= 0.3 is 5.97 Å². The van der Waals surface area contributed by atoms with Crippen LogP contribution in [0.25, 0.3) is 0 Å². The molecule has 136 valence electrons. The van der Waals surface area contributed by atoms with Crippen molar-refractivity contribution in [3.05, 3.63) is 63.9 Å². The molecule has 0 saturated heterocycles. The van der Waals surface area contributed by atoms with Crippen LogP contribution in [-0.4, -0.2) is 31.4 Å². The Labute approximate surface area is 157 Å². The van der Waals surface area contributed by atoms with E-state index in [1.807, 2.05) is 0 Å². The fraction of sp³-hybridized carbons (Fsp3) is 0.167. The molecule has 0 aliphatic heterocycles. The lowest BCUT2D eigenvalue weighted by Crippen LogP contribution is -2.31. The van der Waals surface area contributed by atoms with Crippen LogP contribution in [0.5, 0.6) is 0 Å². The maximum Gasteiger partial charge on any atom is 0.325 e. The molecule has 0 aliphatic rings. The zero-order chi connectivity index (χ0) is 19.1. The Morgan fingerprint density at radius 1 is 1.12 bits per heavy atom. The van der Waals surface area contributed by atoms with E-state index in [2.05, 4.69) is 31.3 Å². The number of carbonyl (C=O) groups excluding carboxylic acids is 3. The second-order valence-corrected chi connectivity index (χ2v) is 6.16. The number of methoxy groups -OCH3 is 1. The molecule has 0 aromatic heterocycles. The predicted octanol–water partition coefficient (Wildman–Crippen LogP) is 2.67. The number of amides is 2. The van der Waals surface area contributed by atoms with E-state index < -0.39 is 17.7 Å². The van der Waals surface area contributed by atoms with E-state index in [4.69, 9.17) is 0 Å². The highest BCUT2D eigenvalue weighted by Gasteiger charge is 2.10. The van der Waals surface area contributed by atoms with Crippen LogP contribution in [0.4, 0.5) is 10.1 Å². The lowest BCUT2D eigenvalue weighted by atomic mass is 10.1. The summed E-state index contributed by atoms with van der Waals surface area (Å²) >= 11 is 3.03. The van der Waals surface area contributed by atoms with Gasteiger partial charge in [0.15, 0.2) is 0 Å². The van der Waals surface area contributed by atoms with E-state index in [0.717, 1.165) is 6.07 Å². The summed E-state index contributed by atoms with van der Waals surface area (Å²) in [4.78, 5) is 34.8. The van der Waals surface area contributed by atoms with Gasteiger partial charge in [0.25, 0.3) is 5.91 Å². The van der Waals surface area contributed by atoms with Gasteiger partial charge in [0, 0.05) is 11.3 Å². The largest absolute Gasteiger partial charge is 0.468 e. The van der Waals surface area contributed by atoms with Crippen LogP contribution in [0.1, 0.15) is 15.9 Å². The lowest BCUT2D eigenvalue weighted by molar-refractivity contribution is -0.141. The molecule has 2 rings (SSSR count). The van der Waals surface area contributed by atoms with Crippen LogP contribution >= 0.6 is 15.9 Å². The summed E-state index contributed by atoms with van der Waals surface area (Å²) in [7, 11) is 1.24. The van der Waals surface area contributed by atoms with Gasteiger partial charge in [0.05, 0.1) is 18.0 Å². The fourth-order valence-corrected chi connectivity index (χ4v) is 2.28. The molecule has 0 bridgehead atoms. The minimum absolute atomic E-state index is 0.0865. The third-order valence-corrected chi connectivity index (χ3v) is 4.06. The van der Waals surface area contributed by atoms with Crippen LogP contribution in [0.15, 0.2) is 46.9 Å². The Morgan fingerprint density at radius 3 is 2.42 bits per heavy atom. The Balaban J connectivity index is 1.92. The molecule has 2 aromatic carbocycles. The molecule has 2 N–H and O–H groups in total. The van der Waals surface area contributed by atoms with Gasteiger partial charge in [-0.15, -0.1) is 0 Å². The number of anilines is 1. The molecule has 2 amide bonds. The third kappa shape index (κ3) is 5.66. The number of halogens is 2. The van der Waals surface area contributed by atoms with E-state index >= 15 is 0 Å². The molecule has 2 aromatic rings. The number of carbonyl (C=O) groups is 3. The highest BCUT2D eigenvalue weighted by Crippen LogP contribution is 2.18. The Morgan fingerprint density at radius 2 is 1.81 bits per heavy atom. The normalized spacial score (nSPS) is 10.1. The van der Waals surface area contributed by atoms with Crippen LogP contribution in [0.3, 0.4) is 0 Å². The molecular formula is C18H16BrFN2O4. The molecular weight excluding hydrogens is 407 g/mol. The predicted molar refractivity (Wildman–Crippen MR) is 97.2 cm³/mol. The summed E-state index contributed by atoms with van der Waals surface area (Å²) in [5.74, 6) is -1.82. The van der Waals surface area contributed by atoms with Gasteiger partial charge in [0.1, 0.15) is 12.4 Å². The van der Waals surface area contributed by atoms with Crippen LogP contribution in [0.2, 0.25) is 0 Å². The average molecular weight is 423 g/mol. The minimum Gasteiger partial charge on any atom is -0.468 e. The summed E-state index contributed by atoms with van der Waals surface area (Å²) in [5.41, 5.74) is 1.41. The number of rotatable bonds is 6. The van der Waals surface area contributed by atoms with Crippen LogP contribution in [-0.2, 0) is 20.7 Å². The van der Waals surface area contributed by atoms with Crippen LogP contribution < -0.4 is 10.6 Å². The van der Waals surface area contributed by atoms with E-state index in [1.54, 1.807) is 24.3 Å². The molecule has 0 radical (unpaired) electrons. The molecule has 0 saturated carbocycles. The molecule has 8 heteroatoms. The molecule has 0 heterocycles. The number of ether oxygens (including phenoxy) is 1. The lowest BCUT2D eigenvalue weighted by Gasteiger charge is -2.08. The maximum absolute atomic E-state index is 13.5. The molecule has 6 nitrogen and oxygen atoms in total. The van der Waals surface area contributed by atoms with Crippen LogP contribution in [0, 0.1) is 5.82 Å². The summed E-state index contributed by atoms with van der Waals surface area (Å²) in [5, 5.41) is 5.09.